The predicted molar refractivity (Wildman–Crippen MR) is 126 cm³/mol. The summed E-state index contributed by atoms with van der Waals surface area (Å²) in [6.45, 7) is 2.67. The van der Waals surface area contributed by atoms with Crippen LogP contribution in [0, 0.1) is 5.92 Å². The third-order valence-electron chi connectivity index (χ3n) is 7.63. The second kappa shape index (κ2) is 9.32. The molecule has 1 saturated heterocycles. The molecule has 2 fully saturated rings. The van der Waals surface area contributed by atoms with Crippen LogP contribution < -0.4 is 4.74 Å². The van der Waals surface area contributed by atoms with E-state index in [1.54, 1.807) is 7.11 Å². The normalized spacial score (nSPS) is 26.7. The van der Waals surface area contributed by atoms with E-state index in [1.807, 2.05) is 18.2 Å². The maximum absolute atomic E-state index is 12.0. The Morgan fingerprint density at radius 1 is 0.968 bits per heavy atom. The first-order valence-electron chi connectivity index (χ1n) is 11.8. The predicted octanol–water partition coefficient (Wildman–Crippen LogP) is 4.63. The molecule has 4 heteroatoms. The van der Waals surface area contributed by atoms with Crippen molar-refractivity contribution in [3.05, 3.63) is 65.7 Å². The number of nitrogens with zero attached hydrogens (tertiary/aromatic N) is 2. The first-order valence-corrected chi connectivity index (χ1v) is 11.8. The van der Waals surface area contributed by atoms with E-state index >= 15 is 0 Å². The van der Waals surface area contributed by atoms with Crippen LogP contribution in [0.5, 0.6) is 5.75 Å². The topological polar surface area (TPSA) is 35.9 Å². The van der Waals surface area contributed by atoms with E-state index in [0.717, 1.165) is 37.4 Å². The SMILES string of the molecule is COc1cccc(C2(O)CCN(C3(c4ccccc4)CCCCC3)CC2CN(C)C)c1. The average Bonchev–Trinajstić information content (AvgIpc) is 2.81. The zero-order chi connectivity index (χ0) is 21.9. The zero-order valence-electron chi connectivity index (χ0n) is 19.4. The lowest BCUT2D eigenvalue weighted by Crippen LogP contribution is -2.59. The number of rotatable bonds is 6. The van der Waals surface area contributed by atoms with Gasteiger partial charge < -0.3 is 14.7 Å². The van der Waals surface area contributed by atoms with Crippen LogP contribution in [-0.4, -0.2) is 55.7 Å². The van der Waals surface area contributed by atoms with Gasteiger partial charge in [-0.05, 0) is 56.6 Å². The van der Waals surface area contributed by atoms with Crippen LogP contribution in [0.25, 0.3) is 0 Å². The number of piperidine rings is 1. The van der Waals surface area contributed by atoms with E-state index in [-0.39, 0.29) is 11.5 Å². The van der Waals surface area contributed by atoms with Gasteiger partial charge >= 0.3 is 0 Å². The van der Waals surface area contributed by atoms with Crippen molar-refractivity contribution in [1.82, 2.24) is 9.80 Å². The van der Waals surface area contributed by atoms with Gasteiger partial charge in [-0.2, -0.15) is 0 Å². The second-order valence-corrected chi connectivity index (χ2v) is 9.77. The summed E-state index contributed by atoms with van der Waals surface area (Å²) in [7, 11) is 5.91. The molecule has 2 unspecified atom stereocenters. The molecular weight excluding hydrogens is 384 g/mol. The summed E-state index contributed by atoms with van der Waals surface area (Å²) in [5.41, 5.74) is 1.68. The lowest BCUT2D eigenvalue weighted by Gasteiger charge is -2.54. The Labute approximate surface area is 187 Å². The Morgan fingerprint density at radius 2 is 1.68 bits per heavy atom. The summed E-state index contributed by atoms with van der Waals surface area (Å²) in [6.07, 6.45) is 7.06. The third-order valence-corrected chi connectivity index (χ3v) is 7.63. The molecule has 4 nitrogen and oxygen atoms in total. The zero-order valence-corrected chi connectivity index (χ0v) is 19.4. The number of hydrogen-bond acceptors (Lipinski definition) is 4. The van der Waals surface area contributed by atoms with Crippen molar-refractivity contribution >= 4 is 0 Å². The number of benzene rings is 2. The van der Waals surface area contributed by atoms with E-state index in [9.17, 15) is 5.11 Å². The van der Waals surface area contributed by atoms with Crippen molar-refractivity contribution in [2.75, 3.05) is 40.8 Å². The lowest BCUT2D eigenvalue weighted by molar-refractivity contribution is -0.115. The van der Waals surface area contributed by atoms with Crippen LogP contribution in [0.3, 0.4) is 0 Å². The highest BCUT2D eigenvalue weighted by molar-refractivity contribution is 5.34. The lowest BCUT2D eigenvalue weighted by atomic mass is 9.70. The Hall–Kier alpha value is -1.88. The van der Waals surface area contributed by atoms with Crippen molar-refractivity contribution in [3.8, 4) is 5.75 Å². The molecule has 2 aliphatic rings. The highest BCUT2D eigenvalue weighted by Crippen LogP contribution is 2.47. The Bertz CT molecular complexity index is 847. The maximum atomic E-state index is 12.0. The van der Waals surface area contributed by atoms with E-state index in [0.29, 0.717) is 0 Å². The highest BCUT2D eigenvalue weighted by atomic mass is 16.5. The summed E-state index contributed by atoms with van der Waals surface area (Å²) < 4.78 is 5.47. The molecule has 0 amide bonds. The van der Waals surface area contributed by atoms with Crippen LogP contribution >= 0.6 is 0 Å². The molecule has 0 aromatic heterocycles. The molecule has 0 radical (unpaired) electrons. The van der Waals surface area contributed by atoms with Crippen LogP contribution in [0.4, 0.5) is 0 Å². The Kier molecular flexibility index (Phi) is 6.71. The first-order chi connectivity index (χ1) is 15.0. The molecule has 168 valence electrons. The van der Waals surface area contributed by atoms with Gasteiger partial charge in [0.1, 0.15) is 5.75 Å². The van der Waals surface area contributed by atoms with Gasteiger partial charge in [0.25, 0.3) is 0 Å². The molecule has 2 aromatic carbocycles. The quantitative estimate of drug-likeness (QED) is 0.737. The van der Waals surface area contributed by atoms with E-state index < -0.39 is 5.60 Å². The van der Waals surface area contributed by atoms with E-state index in [2.05, 4.69) is 60.3 Å². The molecule has 1 saturated carbocycles. The fourth-order valence-corrected chi connectivity index (χ4v) is 6.00. The van der Waals surface area contributed by atoms with Crippen molar-refractivity contribution in [2.45, 2.75) is 49.7 Å². The van der Waals surface area contributed by atoms with Crippen molar-refractivity contribution < 1.29 is 9.84 Å². The standard InChI is InChI=1S/C27H38N2O2/c1-28(2)20-24-21-29(18-17-27(24,30)23-13-10-14-25(19-23)31-3)26(15-8-5-9-16-26)22-11-6-4-7-12-22/h4,6-7,10-14,19,24,30H,5,8-9,15-18,20-21H2,1-3H3. The van der Waals surface area contributed by atoms with Gasteiger partial charge in [0.05, 0.1) is 12.7 Å². The maximum Gasteiger partial charge on any atom is 0.119 e. The van der Waals surface area contributed by atoms with Crippen LogP contribution in [0.1, 0.15) is 49.7 Å². The molecule has 2 atom stereocenters. The Balaban J connectivity index is 1.68. The fraction of sp³-hybridized carbons (Fsp3) is 0.556. The summed E-state index contributed by atoms with van der Waals surface area (Å²) in [5.74, 6) is 0.941. The molecule has 31 heavy (non-hydrogen) atoms. The van der Waals surface area contributed by atoms with Crippen LogP contribution in [0.15, 0.2) is 54.6 Å². The number of ether oxygens (including phenoxy) is 1. The minimum atomic E-state index is -0.845. The van der Waals surface area contributed by atoms with Gasteiger partial charge in [-0.1, -0.05) is 61.7 Å². The van der Waals surface area contributed by atoms with Gasteiger partial charge in [0.15, 0.2) is 0 Å². The van der Waals surface area contributed by atoms with E-state index in [1.165, 1.54) is 37.7 Å². The fourth-order valence-electron chi connectivity index (χ4n) is 6.00. The van der Waals surface area contributed by atoms with Gasteiger partial charge in [-0.3, -0.25) is 4.90 Å². The van der Waals surface area contributed by atoms with Crippen molar-refractivity contribution in [1.29, 1.82) is 0 Å². The molecule has 1 aliphatic heterocycles. The second-order valence-electron chi connectivity index (χ2n) is 9.77. The molecule has 1 heterocycles. The summed E-state index contributed by atoms with van der Waals surface area (Å²) in [5, 5.41) is 12.0. The Morgan fingerprint density at radius 3 is 2.35 bits per heavy atom. The summed E-state index contributed by atoms with van der Waals surface area (Å²) in [6, 6.07) is 19.1. The molecule has 1 aliphatic carbocycles. The first kappa shape index (κ1) is 22.3. The van der Waals surface area contributed by atoms with Gasteiger partial charge in [0, 0.05) is 31.1 Å². The highest BCUT2D eigenvalue weighted by Gasteiger charge is 2.49. The number of methoxy groups -OCH3 is 1. The monoisotopic (exact) mass is 422 g/mol. The molecule has 2 aromatic rings. The van der Waals surface area contributed by atoms with Crippen molar-refractivity contribution in [2.24, 2.45) is 5.92 Å². The van der Waals surface area contributed by atoms with Crippen molar-refractivity contribution in [3.63, 3.8) is 0 Å². The summed E-state index contributed by atoms with van der Waals surface area (Å²) >= 11 is 0. The molecule has 0 spiro atoms. The van der Waals surface area contributed by atoms with Gasteiger partial charge in [0.2, 0.25) is 0 Å². The molecule has 4 rings (SSSR count). The molecular formula is C27H38N2O2. The van der Waals surface area contributed by atoms with E-state index in [4.69, 9.17) is 4.74 Å². The average molecular weight is 423 g/mol. The number of aliphatic hydroxyl groups is 1. The van der Waals surface area contributed by atoms with Crippen LogP contribution in [-0.2, 0) is 11.1 Å². The minimum absolute atomic E-state index is 0.0970. The summed E-state index contributed by atoms with van der Waals surface area (Å²) in [4.78, 5) is 4.93. The van der Waals surface area contributed by atoms with Gasteiger partial charge in [-0.15, -0.1) is 0 Å². The molecule has 0 bridgehead atoms. The third kappa shape index (κ3) is 4.39. The van der Waals surface area contributed by atoms with Gasteiger partial charge in [-0.25, -0.2) is 0 Å². The number of likely N-dealkylation sites (tertiary alicyclic amines) is 1. The largest absolute Gasteiger partial charge is 0.497 e. The number of hydrogen-bond donors (Lipinski definition) is 1. The minimum Gasteiger partial charge on any atom is -0.497 e. The molecule has 1 N–H and O–H groups in total. The smallest absolute Gasteiger partial charge is 0.119 e. The van der Waals surface area contributed by atoms with Crippen LogP contribution in [0.2, 0.25) is 0 Å².